The Balaban J connectivity index is 3.54. The summed E-state index contributed by atoms with van der Waals surface area (Å²) in [6.45, 7) is -1.90. The third-order valence-corrected chi connectivity index (χ3v) is 3.41. The van der Waals surface area contributed by atoms with Crippen molar-refractivity contribution in [1.29, 1.82) is 5.26 Å². The zero-order valence-electron chi connectivity index (χ0n) is 8.45. The van der Waals surface area contributed by atoms with Crippen molar-refractivity contribution < 1.29 is 21.9 Å². The lowest BCUT2D eigenvalue weighted by molar-refractivity contribution is -0.0517. The van der Waals surface area contributed by atoms with E-state index in [0.717, 1.165) is 6.07 Å². The smallest absolute Gasteiger partial charge is 0.387 e. The molecule has 0 aliphatic heterocycles. The summed E-state index contributed by atoms with van der Waals surface area (Å²) in [5.74, 6) is -0.577. The van der Waals surface area contributed by atoms with Gasteiger partial charge in [0.1, 0.15) is 10.6 Å². The van der Waals surface area contributed by atoms with Gasteiger partial charge in [0.2, 0.25) is 0 Å². The minimum Gasteiger partial charge on any atom is -0.433 e. The Kier molecular flexibility index (Phi) is 3.91. The van der Waals surface area contributed by atoms with E-state index in [0.29, 0.717) is 0 Å². The van der Waals surface area contributed by atoms with Gasteiger partial charge in [-0.1, -0.05) is 0 Å². The second kappa shape index (κ2) is 4.85. The number of nitriles is 1. The van der Waals surface area contributed by atoms with Gasteiger partial charge >= 0.3 is 6.61 Å². The zero-order chi connectivity index (χ0) is 13.2. The molecule has 17 heavy (non-hydrogen) atoms. The van der Waals surface area contributed by atoms with Gasteiger partial charge in [0.15, 0.2) is 0 Å². The summed E-state index contributed by atoms with van der Waals surface area (Å²) < 4.78 is 50.7. The highest BCUT2D eigenvalue weighted by Crippen LogP contribution is 2.33. The van der Waals surface area contributed by atoms with E-state index in [9.17, 15) is 17.2 Å². The number of hydrogen-bond acceptors (Lipinski definition) is 4. The molecule has 0 saturated carbocycles. The van der Waals surface area contributed by atoms with E-state index in [-0.39, 0.29) is 11.1 Å². The predicted molar refractivity (Wildman–Crippen MR) is 55.6 cm³/mol. The molecule has 0 amide bonds. The highest BCUT2D eigenvalue weighted by molar-refractivity contribution is 8.13. The predicted octanol–water partition coefficient (Wildman–Crippen LogP) is 2.40. The van der Waals surface area contributed by atoms with Crippen LogP contribution in [0.2, 0.25) is 0 Å². The van der Waals surface area contributed by atoms with E-state index in [4.69, 9.17) is 15.9 Å². The van der Waals surface area contributed by atoms with Crippen molar-refractivity contribution in [3.8, 4) is 11.8 Å². The molecule has 92 valence electrons. The van der Waals surface area contributed by atoms with Gasteiger partial charge in [0.05, 0.1) is 11.6 Å². The van der Waals surface area contributed by atoms with Crippen LogP contribution in [0.15, 0.2) is 17.0 Å². The second-order valence-corrected chi connectivity index (χ2v) is 5.50. The van der Waals surface area contributed by atoms with Crippen LogP contribution in [-0.2, 0) is 9.05 Å². The molecule has 0 saturated heterocycles. The number of benzene rings is 1. The molecule has 8 heteroatoms. The largest absolute Gasteiger partial charge is 0.433 e. The van der Waals surface area contributed by atoms with Crippen molar-refractivity contribution >= 4 is 19.7 Å². The van der Waals surface area contributed by atoms with E-state index in [1.54, 1.807) is 6.07 Å². The van der Waals surface area contributed by atoms with E-state index < -0.39 is 26.3 Å². The summed E-state index contributed by atoms with van der Waals surface area (Å²) in [6, 6.07) is 3.87. The van der Waals surface area contributed by atoms with Crippen molar-refractivity contribution in [2.24, 2.45) is 0 Å². The molecule has 0 aliphatic carbocycles. The summed E-state index contributed by atoms with van der Waals surface area (Å²) >= 11 is 0. The van der Waals surface area contributed by atoms with E-state index in [1.165, 1.54) is 13.0 Å². The fourth-order valence-electron chi connectivity index (χ4n) is 1.28. The van der Waals surface area contributed by atoms with Crippen molar-refractivity contribution in [1.82, 2.24) is 0 Å². The Morgan fingerprint density at radius 1 is 1.47 bits per heavy atom. The van der Waals surface area contributed by atoms with Crippen LogP contribution in [0.1, 0.15) is 11.1 Å². The first-order valence-electron chi connectivity index (χ1n) is 4.20. The molecular formula is C9H6ClF2NO3S. The Morgan fingerprint density at radius 2 is 2.06 bits per heavy atom. The van der Waals surface area contributed by atoms with Crippen LogP contribution in [-0.4, -0.2) is 15.0 Å². The zero-order valence-corrected chi connectivity index (χ0v) is 10.0. The van der Waals surface area contributed by atoms with E-state index in [1.807, 2.05) is 0 Å². The first kappa shape index (κ1) is 13.7. The lowest BCUT2D eigenvalue weighted by Crippen LogP contribution is -2.08. The maximum absolute atomic E-state index is 12.1. The Hall–Kier alpha value is -1.39. The van der Waals surface area contributed by atoms with Crippen LogP contribution in [0.25, 0.3) is 0 Å². The van der Waals surface area contributed by atoms with Crippen LogP contribution in [0.3, 0.4) is 0 Å². The standard InChI is InChI=1S/C9H6ClF2NO3S/c1-5-6(4-13)2-3-7(16-9(11)12)8(5)17(10,14)15/h2-3,9H,1H3. The molecule has 0 spiro atoms. The molecule has 0 unspecified atom stereocenters. The fraction of sp³-hybridized carbons (Fsp3) is 0.222. The number of alkyl halides is 2. The quantitative estimate of drug-likeness (QED) is 0.798. The summed E-state index contributed by atoms with van der Waals surface area (Å²) in [5.41, 5.74) is -0.00788. The average Bonchev–Trinajstić information content (AvgIpc) is 2.14. The van der Waals surface area contributed by atoms with Crippen molar-refractivity contribution in [2.75, 3.05) is 0 Å². The lowest BCUT2D eigenvalue weighted by Gasteiger charge is -2.11. The van der Waals surface area contributed by atoms with Crippen LogP contribution < -0.4 is 4.74 Å². The van der Waals surface area contributed by atoms with Crippen LogP contribution >= 0.6 is 10.7 Å². The number of hydrogen-bond donors (Lipinski definition) is 0. The third kappa shape index (κ3) is 3.05. The molecule has 0 aromatic heterocycles. The maximum atomic E-state index is 12.1. The van der Waals surface area contributed by atoms with Gasteiger partial charge < -0.3 is 4.74 Å². The number of halogens is 3. The summed E-state index contributed by atoms with van der Waals surface area (Å²) in [6.07, 6.45) is 0. The normalized spacial score (nSPS) is 11.3. The van der Waals surface area contributed by atoms with Gasteiger partial charge in [-0.25, -0.2) is 8.42 Å². The van der Waals surface area contributed by atoms with Crippen LogP contribution in [0.4, 0.5) is 8.78 Å². The van der Waals surface area contributed by atoms with E-state index in [2.05, 4.69) is 4.74 Å². The van der Waals surface area contributed by atoms with E-state index >= 15 is 0 Å². The molecular weight excluding hydrogens is 276 g/mol. The lowest BCUT2D eigenvalue weighted by atomic mass is 10.1. The monoisotopic (exact) mass is 281 g/mol. The van der Waals surface area contributed by atoms with Gasteiger partial charge in [-0.05, 0) is 24.6 Å². The number of nitrogens with zero attached hydrogens (tertiary/aromatic N) is 1. The highest BCUT2D eigenvalue weighted by Gasteiger charge is 2.23. The molecule has 0 aliphatic rings. The van der Waals surface area contributed by atoms with Crippen molar-refractivity contribution in [3.05, 3.63) is 23.3 Å². The Bertz CT molecular complexity index is 581. The van der Waals surface area contributed by atoms with Gasteiger partial charge in [-0.2, -0.15) is 14.0 Å². The molecule has 1 aromatic rings. The molecule has 0 fully saturated rings. The molecule has 0 radical (unpaired) electrons. The van der Waals surface area contributed by atoms with Gasteiger partial charge in [-0.15, -0.1) is 0 Å². The molecule has 0 heterocycles. The molecule has 4 nitrogen and oxygen atoms in total. The topological polar surface area (TPSA) is 67.2 Å². The van der Waals surface area contributed by atoms with Crippen LogP contribution in [0, 0.1) is 18.3 Å². The van der Waals surface area contributed by atoms with Crippen molar-refractivity contribution in [3.63, 3.8) is 0 Å². The van der Waals surface area contributed by atoms with Gasteiger partial charge in [0, 0.05) is 10.7 Å². The highest BCUT2D eigenvalue weighted by atomic mass is 35.7. The average molecular weight is 282 g/mol. The van der Waals surface area contributed by atoms with Crippen molar-refractivity contribution in [2.45, 2.75) is 18.4 Å². The third-order valence-electron chi connectivity index (χ3n) is 1.95. The number of ether oxygens (including phenoxy) is 1. The molecule has 1 aromatic carbocycles. The SMILES string of the molecule is Cc1c(C#N)ccc(OC(F)F)c1S(=O)(=O)Cl. The summed E-state index contributed by atoms with van der Waals surface area (Å²) in [5, 5.41) is 8.70. The minimum atomic E-state index is -4.28. The first-order valence-corrected chi connectivity index (χ1v) is 6.51. The molecule has 0 bridgehead atoms. The molecule has 0 N–H and O–H groups in total. The second-order valence-electron chi connectivity index (χ2n) is 2.99. The van der Waals surface area contributed by atoms with Crippen LogP contribution in [0.5, 0.6) is 5.75 Å². The van der Waals surface area contributed by atoms with Gasteiger partial charge in [-0.3, -0.25) is 0 Å². The van der Waals surface area contributed by atoms with Gasteiger partial charge in [0.25, 0.3) is 9.05 Å². The fourth-order valence-corrected chi connectivity index (χ4v) is 2.69. The Morgan fingerprint density at radius 3 is 2.47 bits per heavy atom. The molecule has 0 atom stereocenters. The summed E-state index contributed by atoms with van der Waals surface area (Å²) in [4.78, 5) is -0.612. The summed E-state index contributed by atoms with van der Waals surface area (Å²) in [7, 11) is 0.840. The first-order chi connectivity index (χ1) is 7.77. The maximum Gasteiger partial charge on any atom is 0.387 e. The minimum absolute atomic E-state index is 0.0193. The number of rotatable bonds is 3. The Labute approximate surface area is 101 Å². The molecule has 1 rings (SSSR count).